The van der Waals surface area contributed by atoms with Crippen LogP contribution in [0.15, 0.2) is 41.2 Å². The highest BCUT2D eigenvalue weighted by molar-refractivity contribution is 5.55. The Labute approximate surface area is 150 Å². The van der Waals surface area contributed by atoms with E-state index in [1.165, 1.54) is 24.5 Å². The molecule has 0 radical (unpaired) electrons. The van der Waals surface area contributed by atoms with Crippen molar-refractivity contribution in [1.82, 2.24) is 24.6 Å². The van der Waals surface area contributed by atoms with Gasteiger partial charge < -0.3 is 4.52 Å². The van der Waals surface area contributed by atoms with Crippen molar-refractivity contribution in [2.45, 2.75) is 25.8 Å². The minimum atomic E-state index is -4.48. The number of alkyl halides is 5. The van der Waals surface area contributed by atoms with Crippen molar-refractivity contribution in [3.8, 4) is 11.4 Å². The molecule has 6 nitrogen and oxygen atoms in total. The van der Waals surface area contributed by atoms with E-state index in [0.29, 0.717) is 0 Å². The van der Waals surface area contributed by atoms with E-state index in [1.807, 2.05) is 0 Å². The Morgan fingerprint density at radius 1 is 1.22 bits per heavy atom. The summed E-state index contributed by atoms with van der Waals surface area (Å²) in [4.78, 5) is 9.56. The molecule has 0 fully saturated rings. The molecule has 27 heavy (non-hydrogen) atoms. The molecular weight excluding hydrogens is 373 g/mol. The van der Waals surface area contributed by atoms with E-state index in [2.05, 4.69) is 15.1 Å². The maximum absolute atomic E-state index is 12.8. The van der Waals surface area contributed by atoms with Gasteiger partial charge in [0, 0.05) is 18.0 Å². The van der Waals surface area contributed by atoms with Crippen molar-refractivity contribution in [2.75, 3.05) is 7.05 Å². The number of hydrogen-bond donors (Lipinski definition) is 0. The third kappa shape index (κ3) is 4.48. The summed E-state index contributed by atoms with van der Waals surface area (Å²) in [5, 5.41) is 3.68. The Morgan fingerprint density at radius 2 is 2.00 bits per heavy atom. The van der Waals surface area contributed by atoms with Crippen LogP contribution in [0.3, 0.4) is 0 Å². The number of nitrogens with zero attached hydrogens (tertiary/aromatic N) is 5. The van der Waals surface area contributed by atoms with E-state index in [4.69, 9.17) is 4.52 Å². The molecule has 0 saturated carbocycles. The minimum Gasteiger partial charge on any atom is -0.338 e. The predicted molar refractivity (Wildman–Crippen MR) is 83.4 cm³/mol. The summed E-state index contributed by atoms with van der Waals surface area (Å²) in [5.74, 6) is 0.309. The van der Waals surface area contributed by atoms with E-state index in [-0.39, 0.29) is 36.2 Å². The first kappa shape index (κ1) is 19.0. The lowest BCUT2D eigenvalue weighted by atomic mass is 10.1. The molecule has 0 atom stereocenters. The van der Waals surface area contributed by atoms with Crippen molar-refractivity contribution in [3.63, 3.8) is 0 Å². The molecule has 2 heterocycles. The van der Waals surface area contributed by atoms with E-state index in [1.54, 1.807) is 11.9 Å². The van der Waals surface area contributed by atoms with Crippen LogP contribution in [0.4, 0.5) is 22.0 Å². The summed E-state index contributed by atoms with van der Waals surface area (Å²) in [6.07, 6.45) is -2.03. The van der Waals surface area contributed by atoms with Gasteiger partial charge in [-0.2, -0.15) is 26.9 Å². The van der Waals surface area contributed by atoms with Gasteiger partial charge in [0.15, 0.2) is 0 Å². The molecule has 0 N–H and O–H groups in total. The molecule has 0 aliphatic heterocycles. The predicted octanol–water partition coefficient (Wildman–Crippen LogP) is 3.98. The van der Waals surface area contributed by atoms with E-state index in [9.17, 15) is 22.0 Å². The van der Waals surface area contributed by atoms with Crippen LogP contribution in [-0.4, -0.2) is 31.6 Å². The zero-order valence-corrected chi connectivity index (χ0v) is 14.0. The number of imidazole rings is 1. The Morgan fingerprint density at radius 3 is 2.70 bits per heavy atom. The van der Waals surface area contributed by atoms with Gasteiger partial charge in [-0.05, 0) is 19.2 Å². The molecule has 0 saturated heterocycles. The number of halogens is 5. The van der Waals surface area contributed by atoms with Crippen LogP contribution in [0.25, 0.3) is 11.4 Å². The lowest BCUT2D eigenvalue weighted by molar-refractivity contribution is -0.137. The number of benzene rings is 1. The summed E-state index contributed by atoms with van der Waals surface area (Å²) in [6.45, 7) is -2.49. The second-order valence-electron chi connectivity index (χ2n) is 5.79. The Bertz CT molecular complexity index is 904. The molecule has 11 heteroatoms. The first-order valence-corrected chi connectivity index (χ1v) is 7.72. The van der Waals surface area contributed by atoms with Gasteiger partial charge in [-0.15, -0.1) is 0 Å². The number of rotatable bonds is 6. The summed E-state index contributed by atoms with van der Waals surface area (Å²) in [5.41, 5.74) is -0.655. The lowest BCUT2D eigenvalue weighted by Crippen LogP contribution is -2.20. The first-order chi connectivity index (χ1) is 12.7. The fourth-order valence-electron chi connectivity index (χ4n) is 2.44. The fraction of sp³-hybridized carbons (Fsp3) is 0.312. The number of aromatic nitrogens is 4. The molecule has 1 aromatic carbocycles. The van der Waals surface area contributed by atoms with Crippen LogP contribution in [-0.2, 0) is 19.3 Å². The van der Waals surface area contributed by atoms with Crippen molar-refractivity contribution in [3.05, 3.63) is 53.9 Å². The van der Waals surface area contributed by atoms with Gasteiger partial charge in [-0.25, -0.2) is 4.98 Å². The average Bonchev–Trinajstić information content (AvgIpc) is 3.23. The second kappa shape index (κ2) is 7.43. The highest BCUT2D eigenvalue weighted by Crippen LogP contribution is 2.31. The lowest BCUT2D eigenvalue weighted by Gasteiger charge is -2.14. The molecule has 0 amide bonds. The third-order valence-corrected chi connectivity index (χ3v) is 3.69. The topological polar surface area (TPSA) is 60.0 Å². The standard InChI is InChI=1S/C16H14F5N5O/c1-25(8-12-22-5-6-26(12)15(17)18)9-13-23-14(24-27-13)10-3-2-4-11(7-10)16(19,20)21/h2-7,15H,8-9H2,1H3. The molecule has 3 aromatic rings. The van der Waals surface area contributed by atoms with Crippen LogP contribution < -0.4 is 0 Å². The maximum atomic E-state index is 12.8. The van der Waals surface area contributed by atoms with Crippen molar-refractivity contribution in [2.24, 2.45) is 0 Å². The third-order valence-electron chi connectivity index (χ3n) is 3.69. The van der Waals surface area contributed by atoms with Crippen LogP contribution >= 0.6 is 0 Å². The summed E-state index contributed by atoms with van der Waals surface area (Å²) >= 11 is 0. The van der Waals surface area contributed by atoms with Crippen molar-refractivity contribution >= 4 is 0 Å². The summed E-state index contributed by atoms with van der Waals surface area (Å²) in [6, 6.07) is 4.57. The van der Waals surface area contributed by atoms with Crippen LogP contribution in [0.1, 0.15) is 23.8 Å². The van der Waals surface area contributed by atoms with E-state index >= 15 is 0 Å². The van der Waals surface area contributed by atoms with Gasteiger partial charge in [0.1, 0.15) is 5.82 Å². The first-order valence-electron chi connectivity index (χ1n) is 7.72. The highest BCUT2D eigenvalue weighted by Gasteiger charge is 2.30. The normalized spacial score (nSPS) is 12.3. The summed E-state index contributed by atoms with van der Waals surface area (Å²) < 4.78 is 69.8. The molecule has 0 bridgehead atoms. The zero-order valence-electron chi connectivity index (χ0n) is 14.0. The number of hydrogen-bond acceptors (Lipinski definition) is 5. The van der Waals surface area contributed by atoms with Gasteiger partial charge in [0.25, 0.3) is 0 Å². The fourth-order valence-corrected chi connectivity index (χ4v) is 2.44. The average molecular weight is 387 g/mol. The second-order valence-corrected chi connectivity index (χ2v) is 5.79. The molecule has 0 unspecified atom stereocenters. The Hall–Kier alpha value is -2.82. The smallest absolute Gasteiger partial charge is 0.338 e. The molecule has 0 aliphatic carbocycles. The highest BCUT2D eigenvalue weighted by atomic mass is 19.4. The van der Waals surface area contributed by atoms with Crippen LogP contribution in [0, 0.1) is 0 Å². The molecule has 0 spiro atoms. The molecular formula is C16H14F5N5O. The SMILES string of the molecule is CN(Cc1nc(-c2cccc(C(F)(F)F)c2)no1)Cc1nccn1C(F)F. The zero-order chi connectivity index (χ0) is 19.6. The van der Waals surface area contributed by atoms with Crippen LogP contribution in [0.2, 0.25) is 0 Å². The van der Waals surface area contributed by atoms with Gasteiger partial charge in [0.2, 0.25) is 11.7 Å². The van der Waals surface area contributed by atoms with Crippen molar-refractivity contribution < 1.29 is 26.5 Å². The van der Waals surface area contributed by atoms with Gasteiger partial charge in [0.05, 0.1) is 18.7 Å². The maximum Gasteiger partial charge on any atom is 0.416 e. The summed E-state index contributed by atoms with van der Waals surface area (Å²) in [7, 11) is 1.64. The Balaban J connectivity index is 1.70. The van der Waals surface area contributed by atoms with Gasteiger partial charge in [-0.1, -0.05) is 17.3 Å². The van der Waals surface area contributed by atoms with Gasteiger partial charge >= 0.3 is 12.7 Å². The monoisotopic (exact) mass is 387 g/mol. The molecule has 2 aromatic heterocycles. The largest absolute Gasteiger partial charge is 0.416 e. The molecule has 0 aliphatic rings. The minimum absolute atomic E-state index is 0.0126. The van der Waals surface area contributed by atoms with Crippen molar-refractivity contribution in [1.29, 1.82) is 0 Å². The van der Waals surface area contributed by atoms with Gasteiger partial charge in [-0.3, -0.25) is 9.47 Å². The van der Waals surface area contributed by atoms with E-state index < -0.39 is 18.3 Å². The van der Waals surface area contributed by atoms with E-state index in [0.717, 1.165) is 16.7 Å². The molecule has 3 rings (SSSR count). The molecule has 144 valence electrons. The van der Waals surface area contributed by atoms with Crippen LogP contribution in [0.5, 0.6) is 0 Å². The Kier molecular flexibility index (Phi) is 5.22. The quantitative estimate of drug-likeness (QED) is 0.599.